The standard InChI is InChI=1S/C10H17NO/c12-11-9-5-4-8-10-6-2-1-3-7-10/h6,9,12H,1-5,7-8H2/b11-9+. The zero-order valence-corrected chi connectivity index (χ0v) is 7.50. The second-order valence-electron chi connectivity index (χ2n) is 3.30. The van der Waals surface area contributed by atoms with Crippen molar-refractivity contribution < 1.29 is 5.21 Å². The zero-order valence-electron chi connectivity index (χ0n) is 7.50. The Morgan fingerprint density at radius 2 is 2.42 bits per heavy atom. The van der Waals surface area contributed by atoms with E-state index in [-0.39, 0.29) is 0 Å². The first kappa shape index (κ1) is 9.30. The molecule has 0 aromatic heterocycles. The lowest BCUT2D eigenvalue weighted by molar-refractivity contribution is 0.320. The van der Waals surface area contributed by atoms with Gasteiger partial charge in [-0.15, -0.1) is 5.16 Å². The molecular formula is C10H17NO. The van der Waals surface area contributed by atoms with E-state index in [1.54, 1.807) is 11.8 Å². The summed E-state index contributed by atoms with van der Waals surface area (Å²) in [6.45, 7) is 0. The fraction of sp³-hybridized carbons (Fsp3) is 0.700. The first-order valence-electron chi connectivity index (χ1n) is 4.77. The number of hydrogen-bond donors (Lipinski definition) is 1. The average Bonchev–Trinajstić information content (AvgIpc) is 2.14. The molecule has 2 heteroatoms. The highest BCUT2D eigenvalue weighted by Crippen LogP contribution is 2.21. The van der Waals surface area contributed by atoms with Gasteiger partial charge in [0.05, 0.1) is 0 Å². The molecule has 68 valence electrons. The lowest BCUT2D eigenvalue weighted by atomic mass is 9.96. The SMILES string of the molecule is O/N=C/CCCC1=CCCCC1. The van der Waals surface area contributed by atoms with Crippen LogP contribution in [0.15, 0.2) is 16.8 Å². The first-order chi connectivity index (χ1) is 5.93. The van der Waals surface area contributed by atoms with Crippen LogP contribution in [0.4, 0.5) is 0 Å². The lowest BCUT2D eigenvalue weighted by Crippen LogP contribution is -1.92. The number of rotatable bonds is 4. The summed E-state index contributed by atoms with van der Waals surface area (Å²) in [7, 11) is 0. The molecule has 0 bridgehead atoms. The zero-order chi connectivity index (χ0) is 8.65. The molecule has 0 atom stereocenters. The molecular weight excluding hydrogens is 150 g/mol. The Kier molecular flexibility index (Phi) is 4.50. The lowest BCUT2D eigenvalue weighted by Gasteiger charge is -2.11. The van der Waals surface area contributed by atoms with Gasteiger partial charge in [-0.25, -0.2) is 0 Å². The van der Waals surface area contributed by atoms with Gasteiger partial charge in [-0.05, 0) is 44.9 Å². The van der Waals surface area contributed by atoms with Gasteiger partial charge in [0.1, 0.15) is 0 Å². The van der Waals surface area contributed by atoms with E-state index < -0.39 is 0 Å². The van der Waals surface area contributed by atoms with Gasteiger partial charge in [-0.3, -0.25) is 0 Å². The summed E-state index contributed by atoms with van der Waals surface area (Å²) >= 11 is 0. The molecule has 1 aliphatic rings. The number of oxime groups is 1. The number of unbranched alkanes of at least 4 members (excludes halogenated alkanes) is 1. The quantitative estimate of drug-likeness (QED) is 0.225. The maximum atomic E-state index is 8.16. The monoisotopic (exact) mass is 167 g/mol. The largest absolute Gasteiger partial charge is 0.411 e. The Bertz CT molecular complexity index is 173. The van der Waals surface area contributed by atoms with Crippen LogP contribution in [0.1, 0.15) is 44.9 Å². The predicted molar refractivity (Wildman–Crippen MR) is 50.7 cm³/mol. The Morgan fingerprint density at radius 1 is 1.50 bits per heavy atom. The van der Waals surface area contributed by atoms with E-state index in [4.69, 9.17) is 5.21 Å². The topological polar surface area (TPSA) is 32.6 Å². The van der Waals surface area contributed by atoms with Crippen LogP contribution in [0.25, 0.3) is 0 Å². The van der Waals surface area contributed by atoms with Crippen molar-refractivity contribution in [3.8, 4) is 0 Å². The van der Waals surface area contributed by atoms with Crippen LogP contribution in [0, 0.1) is 0 Å². The highest BCUT2D eigenvalue weighted by atomic mass is 16.4. The van der Waals surface area contributed by atoms with Crippen molar-refractivity contribution in [1.29, 1.82) is 0 Å². The number of nitrogens with zero attached hydrogens (tertiary/aromatic N) is 1. The molecule has 1 aliphatic carbocycles. The molecule has 0 saturated carbocycles. The first-order valence-corrected chi connectivity index (χ1v) is 4.77. The van der Waals surface area contributed by atoms with E-state index >= 15 is 0 Å². The van der Waals surface area contributed by atoms with E-state index in [0.29, 0.717) is 0 Å². The van der Waals surface area contributed by atoms with Gasteiger partial charge in [-0.1, -0.05) is 11.6 Å². The second-order valence-corrected chi connectivity index (χ2v) is 3.30. The Labute approximate surface area is 74.0 Å². The van der Waals surface area contributed by atoms with Crippen molar-refractivity contribution in [1.82, 2.24) is 0 Å². The summed E-state index contributed by atoms with van der Waals surface area (Å²) in [5.74, 6) is 0. The van der Waals surface area contributed by atoms with Gasteiger partial charge in [0.25, 0.3) is 0 Å². The summed E-state index contributed by atoms with van der Waals surface area (Å²) in [5.41, 5.74) is 1.60. The molecule has 1 N–H and O–H groups in total. The Morgan fingerprint density at radius 3 is 3.08 bits per heavy atom. The van der Waals surface area contributed by atoms with Crippen molar-refractivity contribution in [2.24, 2.45) is 5.16 Å². The minimum atomic E-state index is 0.897. The Hall–Kier alpha value is -0.790. The van der Waals surface area contributed by atoms with Crippen molar-refractivity contribution >= 4 is 6.21 Å². The molecule has 12 heavy (non-hydrogen) atoms. The molecule has 0 aliphatic heterocycles. The summed E-state index contributed by atoms with van der Waals surface area (Å²) in [4.78, 5) is 0. The molecule has 0 heterocycles. The minimum absolute atomic E-state index is 0.897. The summed E-state index contributed by atoms with van der Waals surface area (Å²) in [6.07, 6.45) is 12.4. The van der Waals surface area contributed by atoms with Gasteiger partial charge in [0.2, 0.25) is 0 Å². The van der Waals surface area contributed by atoms with Crippen LogP contribution in [0.5, 0.6) is 0 Å². The third kappa shape index (κ3) is 3.56. The van der Waals surface area contributed by atoms with Crippen molar-refractivity contribution in [3.63, 3.8) is 0 Å². The molecule has 0 amide bonds. The third-order valence-electron chi connectivity index (χ3n) is 2.30. The average molecular weight is 167 g/mol. The fourth-order valence-electron chi connectivity index (χ4n) is 1.61. The van der Waals surface area contributed by atoms with Crippen LogP contribution < -0.4 is 0 Å². The van der Waals surface area contributed by atoms with Crippen molar-refractivity contribution in [2.75, 3.05) is 0 Å². The summed E-state index contributed by atoms with van der Waals surface area (Å²) in [5, 5.41) is 11.1. The van der Waals surface area contributed by atoms with Crippen LogP contribution in [0.3, 0.4) is 0 Å². The highest BCUT2D eigenvalue weighted by molar-refractivity contribution is 5.55. The summed E-state index contributed by atoms with van der Waals surface area (Å²) < 4.78 is 0. The van der Waals surface area contributed by atoms with Crippen molar-refractivity contribution in [2.45, 2.75) is 44.9 Å². The molecule has 0 saturated heterocycles. The van der Waals surface area contributed by atoms with Gasteiger partial charge >= 0.3 is 0 Å². The summed E-state index contributed by atoms with van der Waals surface area (Å²) in [6, 6.07) is 0. The van der Waals surface area contributed by atoms with E-state index in [0.717, 1.165) is 12.8 Å². The van der Waals surface area contributed by atoms with Gasteiger partial charge in [0.15, 0.2) is 0 Å². The molecule has 1 rings (SSSR count). The van der Waals surface area contributed by atoms with Gasteiger partial charge in [-0.2, -0.15) is 0 Å². The maximum absolute atomic E-state index is 8.16. The smallest absolute Gasteiger partial charge is 0.0436 e. The van der Waals surface area contributed by atoms with Crippen LogP contribution in [-0.4, -0.2) is 11.4 Å². The molecule has 0 aromatic carbocycles. The molecule has 0 fully saturated rings. The third-order valence-corrected chi connectivity index (χ3v) is 2.30. The predicted octanol–water partition coefficient (Wildman–Crippen LogP) is 3.12. The molecule has 2 nitrogen and oxygen atoms in total. The van der Waals surface area contributed by atoms with E-state index in [1.807, 2.05) is 0 Å². The van der Waals surface area contributed by atoms with Gasteiger partial charge in [0, 0.05) is 6.21 Å². The normalized spacial score (nSPS) is 18.2. The van der Waals surface area contributed by atoms with Gasteiger partial charge < -0.3 is 5.21 Å². The van der Waals surface area contributed by atoms with Crippen LogP contribution in [-0.2, 0) is 0 Å². The fourth-order valence-corrected chi connectivity index (χ4v) is 1.61. The molecule has 0 radical (unpaired) electrons. The highest BCUT2D eigenvalue weighted by Gasteiger charge is 2.01. The molecule has 0 spiro atoms. The van der Waals surface area contributed by atoms with Crippen molar-refractivity contribution in [3.05, 3.63) is 11.6 Å². The number of hydrogen-bond acceptors (Lipinski definition) is 2. The Balaban J connectivity index is 2.09. The van der Waals surface area contributed by atoms with E-state index in [1.165, 1.54) is 32.1 Å². The second kappa shape index (κ2) is 5.81. The maximum Gasteiger partial charge on any atom is 0.0436 e. The minimum Gasteiger partial charge on any atom is -0.411 e. The van der Waals surface area contributed by atoms with Crippen LogP contribution >= 0.6 is 0 Å². The van der Waals surface area contributed by atoms with E-state index in [9.17, 15) is 0 Å². The van der Waals surface area contributed by atoms with E-state index in [2.05, 4.69) is 11.2 Å². The number of allylic oxidation sites excluding steroid dienone is 2. The van der Waals surface area contributed by atoms with Crippen LogP contribution in [0.2, 0.25) is 0 Å². The molecule has 0 unspecified atom stereocenters. The molecule has 0 aromatic rings.